The zero-order valence-electron chi connectivity index (χ0n) is 17.5. The maximum atomic E-state index is 13.5. The van der Waals surface area contributed by atoms with Gasteiger partial charge in [0.15, 0.2) is 0 Å². The summed E-state index contributed by atoms with van der Waals surface area (Å²) in [6, 6.07) is 12.5. The highest BCUT2D eigenvalue weighted by Crippen LogP contribution is 2.43. The third-order valence-electron chi connectivity index (χ3n) is 6.48. The highest BCUT2D eigenvalue weighted by atomic mass is 19.1. The largest absolute Gasteiger partial charge is 0.469 e. The number of esters is 1. The van der Waals surface area contributed by atoms with Gasteiger partial charge in [0, 0.05) is 18.6 Å². The van der Waals surface area contributed by atoms with Gasteiger partial charge in [0.2, 0.25) is 0 Å². The van der Waals surface area contributed by atoms with Crippen LogP contribution in [0.25, 0.3) is 0 Å². The fourth-order valence-corrected chi connectivity index (χ4v) is 5.09. The smallest absolute Gasteiger partial charge is 0.312 e. The van der Waals surface area contributed by atoms with Gasteiger partial charge in [0.1, 0.15) is 17.7 Å². The molecule has 0 N–H and O–H groups in total. The van der Waals surface area contributed by atoms with E-state index in [1.807, 2.05) is 6.08 Å². The molecule has 0 saturated carbocycles. The molecular weight excluding hydrogens is 400 g/mol. The van der Waals surface area contributed by atoms with Crippen LogP contribution in [0.2, 0.25) is 0 Å². The highest BCUT2D eigenvalue weighted by molar-refractivity contribution is 5.74. The number of hydrogen-bond donors (Lipinski definition) is 0. The van der Waals surface area contributed by atoms with Crippen molar-refractivity contribution >= 4 is 5.97 Å². The molecule has 0 spiro atoms. The minimum atomic E-state index is -0.552. The summed E-state index contributed by atoms with van der Waals surface area (Å²) in [5.41, 5.74) is 1.50. The van der Waals surface area contributed by atoms with Gasteiger partial charge in [-0.05, 0) is 54.7 Å². The Balaban J connectivity index is 1.67. The quantitative estimate of drug-likeness (QED) is 0.476. The first-order valence-corrected chi connectivity index (χ1v) is 10.6. The van der Waals surface area contributed by atoms with Crippen LogP contribution in [-0.2, 0) is 14.3 Å². The van der Waals surface area contributed by atoms with Crippen LogP contribution in [0, 0.1) is 17.6 Å². The second-order valence-corrected chi connectivity index (χ2v) is 8.23. The first-order valence-electron chi connectivity index (χ1n) is 10.6. The van der Waals surface area contributed by atoms with Gasteiger partial charge < -0.3 is 9.47 Å². The normalized spacial score (nSPS) is 25.5. The van der Waals surface area contributed by atoms with Crippen LogP contribution < -0.4 is 0 Å². The zero-order valence-corrected chi connectivity index (χ0v) is 17.5. The SMILES string of the molecule is C=CCN1C2CCC1[C@@H](C(=O)OC)[C@@H](OC(c1ccc(F)cc1)c1ccc(F)cc1)C2. The van der Waals surface area contributed by atoms with Crippen LogP contribution >= 0.6 is 0 Å². The van der Waals surface area contributed by atoms with Crippen LogP contribution in [0.1, 0.15) is 36.5 Å². The van der Waals surface area contributed by atoms with Gasteiger partial charge in [-0.2, -0.15) is 0 Å². The third-order valence-corrected chi connectivity index (χ3v) is 6.48. The molecule has 2 unspecified atom stereocenters. The number of fused-ring (bicyclic) bond motifs is 2. The molecule has 4 nitrogen and oxygen atoms in total. The van der Waals surface area contributed by atoms with E-state index in [4.69, 9.17) is 9.47 Å². The topological polar surface area (TPSA) is 38.8 Å². The van der Waals surface area contributed by atoms with Crippen molar-refractivity contribution in [2.24, 2.45) is 5.92 Å². The van der Waals surface area contributed by atoms with Crippen molar-refractivity contribution in [3.63, 3.8) is 0 Å². The van der Waals surface area contributed by atoms with Crippen LogP contribution in [0.5, 0.6) is 0 Å². The Bertz CT molecular complexity index is 870. The summed E-state index contributed by atoms with van der Waals surface area (Å²) in [7, 11) is 1.40. The summed E-state index contributed by atoms with van der Waals surface area (Å²) >= 11 is 0. The van der Waals surface area contributed by atoms with E-state index in [1.165, 1.54) is 31.4 Å². The zero-order chi connectivity index (χ0) is 22.0. The van der Waals surface area contributed by atoms with E-state index in [9.17, 15) is 13.6 Å². The van der Waals surface area contributed by atoms with Gasteiger partial charge in [-0.25, -0.2) is 8.78 Å². The number of halogens is 2. The van der Waals surface area contributed by atoms with Gasteiger partial charge in [-0.1, -0.05) is 30.3 Å². The number of ether oxygens (including phenoxy) is 2. The number of carbonyl (C=O) groups is 1. The number of piperidine rings is 1. The molecule has 2 saturated heterocycles. The fourth-order valence-electron chi connectivity index (χ4n) is 5.09. The van der Waals surface area contributed by atoms with E-state index >= 15 is 0 Å². The first-order chi connectivity index (χ1) is 15.0. The summed E-state index contributed by atoms with van der Waals surface area (Å²) in [5.74, 6) is -1.41. The molecule has 2 aliphatic heterocycles. The van der Waals surface area contributed by atoms with Crippen LogP contribution in [-0.4, -0.2) is 42.7 Å². The van der Waals surface area contributed by atoms with E-state index in [-0.39, 0.29) is 29.7 Å². The summed E-state index contributed by atoms with van der Waals surface area (Å²) in [5, 5.41) is 0. The molecule has 0 aromatic heterocycles. The number of carbonyl (C=O) groups excluding carboxylic acids is 1. The molecule has 164 valence electrons. The second-order valence-electron chi connectivity index (χ2n) is 8.23. The van der Waals surface area contributed by atoms with Gasteiger partial charge in [0.05, 0.1) is 19.1 Å². The average molecular weight is 427 g/mol. The Morgan fingerprint density at radius 3 is 2.19 bits per heavy atom. The minimum Gasteiger partial charge on any atom is -0.469 e. The standard InChI is InChI=1S/C25H27F2NO3/c1-3-14-28-20-12-13-21(28)23(25(29)30-2)22(15-20)31-24(16-4-8-18(26)9-5-16)17-6-10-19(27)11-7-17/h3-11,20-24H,1,12-15H2,2H3/t20?,21?,22-,23+/m0/s1. The molecule has 6 heteroatoms. The van der Waals surface area contributed by atoms with E-state index in [0.29, 0.717) is 12.5 Å². The molecule has 31 heavy (non-hydrogen) atoms. The summed E-state index contributed by atoms with van der Waals surface area (Å²) in [4.78, 5) is 15.1. The minimum absolute atomic E-state index is 0.0243. The molecule has 0 radical (unpaired) electrons. The van der Waals surface area contributed by atoms with Crippen molar-refractivity contribution < 1.29 is 23.0 Å². The number of hydrogen-bond acceptors (Lipinski definition) is 4. The molecule has 2 heterocycles. The molecule has 4 rings (SSSR count). The van der Waals surface area contributed by atoms with Crippen molar-refractivity contribution in [3.8, 4) is 0 Å². The lowest BCUT2D eigenvalue weighted by Crippen LogP contribution is -2.54. The Hall–Kier alpha value is -2.57. The molecule has 2 aromatic rings. The lowest BCUT2D eigenvalue weighted by atomic mass is 9.86. The second kappa shape index (κ2) is 9.28. The average Bonchev–Trinajstić information content (AvgIpc) is 3.05. The predicted octanol–water partition coefficient (Wildman–Crippen LogP) is 4.65. The van der Waals surface area contributed by atoms with Crippen molar-refractivity contribution in [1.29, 1.82) is 0 Å². The molecule has 0 amide bonds. The van der Waals surface area contributed by atoms with E-state index < -0.39 is 12.0 Å². The summed E-state index contributed by atoms with van der Waals surface area (Å²) < 4.78 is 38.8. The fraction of sp³-hybridized carbons (Fsp3) is 0.400. The monoisotopic (exact) mass is 427 g/mol. The van der Waals surface area contributed by atoms with Gasteiger partial charge in [-0.3, -0.25) is 9.69 Å². The van der Waals surface area contributed by atoms with E-state index in [2.05, 4.69) is 11.5 Å². The van der Waals surface area contributed by atoms with E-state index in [0.717, 1.165) is 30.5 Å². The van der Waals surface area contributed by atoms with Crippen molar-refractivity contribution in [2.45, 2.75) is 43.6 Å². The first kappa shape index (κ1) is 21.7. The predicted molar refractivity (Wildman–Crippen MR) is 113 cm³/mol. The van der Waals surface area contributed by atoms with E-state index in [1.54, 1.807) is 24.3 Å². The van der Waals surface area contributed by atoms with Crippen LogP contribution in [0.4, 0.5) is 8.78 Å². The molecule has 2 fully saturated rings. The van der Waals surface area contributed by atoms with Gasteiger partial charge >= 0.3 is 5.97 Å². The Morgan fingerprint density at radius 2 is 1.68 bits per heavy atom. The number of nitrogens with zero attached hydrogens (tertiary/aromatic N) is 1. The van der Waals surface area contributed by atoms with Gasteiger partial charge in [0.25, 0.3) is 0 Å². The molecule has 2 aromatic carbocycles. The van der Waals surface area contributed by atoms with Crippen LogP contribution in [0.15, 0.2) is 61.2 Å². The molecule has 4 atom stereocenters. The maximum Gasteiger partial charge on any atom is 0.312 e. The Morgan fingerprint density at radius 1 is 1.10 bits per heavy atom. The summed E-state index contributed by atoms with van der Waals surface area (Å²) in [6.45, 7) is 4.57. The number of rotatable bonds is 7. The lowest BCUT2D eigenvalue weighted by Gasteiger charge is -2.43. The molecule has 2 aliphatic rings. The maximum absolute atomic E-state index is 13.5. The number of benzene rings is 2. The number of methoxy groups -OCH3 is 1. The van der Waals surface area contributed by atoms with Crippen molar-refractivity contribution in [1.82, 2.24) is 4.90 Å². The molecule has 0 aliphatic carbocycles. The third kappa shape index (κ3) is 4.41. The van der Waals surface area contributed by atoms with Gasteiger partial charge in [-0.15, -0.1) is 6.58 Å². The summed E-state index contributed by atoms with van der Waals surface area (Å²) in [6.07, 6.45) is 3.51. The molecular formula is C25H27F2NO3. The Kier molecular flexibility index (Phi) is 6.49. The van der Waals surface area contributed by atoms with Crippen molar-refractivity contribution in [3.05, 3.63) is 83.9 Å². The Labute approximate surface area is 181 Å². The molecule has 2 bridgehead atoms. The highest BCUT2D eigenvalue weighted by Gasteiger charge is 2.51. The lowest BCUT2D eigenvalue weighted by molar-refractivity contribution is -0.162. The van der Waals surface area contributed by atoms with Crippen LogP contribution in [0.3, 0.4) is 0 Å². The van der Waals surface area contributed by atoms with Crippen molar-refractivity contribution in [2.75, 3.05) is 13.7 Å².